The summed E-state index contributed by atoms with van der Waals surface area (Å²) >= 11 is 0. The molecular formula is C17H15NO5. The second-order valence-electron chi connectivity index (χ2n) is 4.76. The fourth-order valence-corrected chi connectivity index (χ4v) is 2.26. The molecule has 23 heavy (non-hydrogen) atoms. The molecule has 0 aliphatic rings. The zero-order valence-electron chi connectivity index (χ0n) is 13.0. The van der Waals surface area contributed by atoms with Gasteiger partial charge in [0.15, 0.2) is 5.58 Å². The Morgan fingerprint density at radius 3 is 2.57 bits per heavy atom. The average Bonchev–Trinajstić information content (AvgIpc) is 3.03. The summed E-state index contributed by atoms with van der Waals surface area (Å²) in [6, 6.07) is 10.3. The number of carbonyl (C=O) groups is 1. The van der Waals surface area contributed by atoms with Gasteiger partial charge < -0.3 is 18.6 Å². The van der Waals surface area contributed by atoms with Gasteiger partial charge in [0.25, 0.3) is 0 Å². The van der Waals surface area contributed by atoms with Crippen molar-refractivity contribution in [2.24, 2.45) is 0 Å². The van der Waals surface area contributed by atoms with Crippen LogP contribution in [0.2, 0.25) is 0 Å². The van der Waals surface area contributed by atoms with Crippen molar-refractivity contribution < 1.29 is 23.4 Å². The number of methoxy groups -OCH3 is 3. The van der Waals surface area contributed by atoms with Crippen LogP contribution in [0.25, 0.3) is 22.6 Å². The molecule has 0 atom stereocenters. The number of ether oxygens (including phenoxy) is 3. The number of rotatable bonds is 4. The Balaban J connectivity index is 2.08. The van der Waals surface area contributed by atoms with E-state index >= 15 is 0 Å². The van der Waals surface area contributed by atoms with Gasteiger partial charge >= 0.3 is 5.97 Å². The molecule has 118 valence electrons. The van der Waals surface area contributed by atoms with Crippen LogP contribution in [-0.4, -0.2) is 32.3 Å². The van der Waals surface area contributed by atoms with Crippen molar-refractivity contribution in [3.8, 4) is 23.0 Å². The first-order valence-corrected chi connectivity index (χ1v) is 6.87. The monoisotopic (exact) mass is 313 g/mol. The minimum Gasteiger partial charge on any atom is -0.497 e. The van der Waals surface area contributed by atoms with Crippen LogP contribution in [0.15, 0.2) is 40.8 Å². The molecule has 6 nitrogen and oxygen atoms in total. The SMILES string of the molecule is COC(=O)c1ccc2nc(-c3ccc(OC)cc3OC)oc2c1. The third-order valence-corrected chi connectivity index (χ3v) is 3.45. The van der Waals surface area contributed by atoms with E-state index in [2.05, 4.69) is 4.98 Å². The van der Waals surface area contributed by atoms with Crippen molar-refractivity contribution in [1.82, 2.24) is 4.98 Å². The minimum atomic E-state index is -0.424. The summed E-state index contributed by atoms with van der Waals surface area (Å²) in [5.74, 6) is 1.24. The van der Waals surface area contributed by atoms with E-state index in [1.165, 1.54) is 7.11 Å². The Morgan fingerprint density at radius 1 is 1.04 bits per heavy atom. The van der Waals surface area contributed by atoms with E-state index in [-0.39, 0.29) is 0 Å². The number of aromatic nitrogens is 1. The molecule has 2 aromatic carbocycles. The third-order valence-electron chi connectivity index (χ3n) is 3.45. The van der Waals surface area contributed by atoms with E-state index < -0.39 is 5.97 Å². The number of nitrogens with zero attached hydrogens (tertiary/aromatic N) is 1. The quantitative estimate of drug-likeness (QED) is 0.688. The van der Waals surface area contributed by atoms with Crippen molar-refractivity contribution in [2.75, 3.05) is 21.3 Å². The van der Waals surface area contributed by atoms with Crippen molar-refractivity contribution in [3.63, 3.8) is 0 Å². The first kappa shape index (κ1) is 14.9. The molecule has 0 fully saturated rings. The molecule has 3 rings (SSSR count). The zero-order chi connectivity index (χ0) is 16.4. The molecule has 1 aromatic heterocycles. The summed E-state index contributed by atoms with van der Waals surface area (Å²) in [5.41, 5.74) is 2.25. The highest BCUT2D eigenvalue weighted by Gasteiger charge is 2.15. The molecule has 0 saturated heterocycles. The van der Waals surface area contributed by atoms with Crippen LogP contribution in [0.1, 0.15) is 10.4 Å². The van der Waals surface area contributed by atoms with Gasteiger partial charge in [0.05, 0.1) is 32.5 Å². The summed E-state index contributed by atoms with van der Waals surface area (Å²) < 4.78 is 21.0. The number of benzene rings is 2. The third kappa shape index (κ3) is 2.70. The van der Waals surface area contributed by atoms with Gasteiger partial charge in [0.2, 0.25) is 5.89 Å². The molecule has 6 heteroatoms. The fraction of sp³-hybridized carbons (Fsp3) is 0.176. The molecule has 0 saturated carbocycles. The van der Waals surface area contributed by atoms with E-state index in [4.69, 9.17) is 18.6 Å². The summed E-state index contributed by atoms with van der Waals surface area (Å²) in [7, 11) is 4.49. The first-order chi connectivity index (χ1) is 11.2. The van der Waals surface area contributed by atoms with Crippen LogP contribution in [-0.2, 0) is 4.74 Å². The Morgan fingerprint density at radius 2 is 1.87 bits per heavy atom. The molecule has 0 N–H and O–H groups in total. The highest BCUT2D eigenvalue weighted by molar-refractivity contribution is 5.93. The highest BCUT2D eigenvalue weighted by atomic mass is 16.5. The molecule has 0 bridgehead atoms. The molecule has 0 aliphatic carbocycles. The number of oxazole rings is 1. The highest BCUT2D eigenvalue weighted by Crippen LogP contribution is 2.34. The van der Waals surface area contributed by atoms with Crippen LogP contribution in [0.4, 0.5) is 0 Å². The summed E-state index contributed by atoms with van der Waals surface area (Å²) in [6.07, 6.45) is 0. The second kappa shape index (κ2) is 6.00. The molecule has 0 amide bonds. The minimum absolute atomic E-state index is 0.404. The predicted octanol–water partition coefficient (Wildman–Crippen LogP) is 3.30. The van der Waals surface area contributed by atoms with Gasteiger partial charge in [-0.2, -0.15) is 0 Å². The lowest BCUT2D eigenvalue weighted by molar-refractivity contribution is 0.0601. The maximum absolute atomic E-state index is 11.6. The van der Waals surface area contributed by atoms with Crippen LogP contribution in [0.5, 0.6) is 11.5 Å². The zero-order valence-corrected chi connectivity index (χ0v) is 13.0. The van der Waals surface area contributed by atoms with Crippen LogP contribution in [0.3, 0.4) is 0 Å². The Labute approximate surface area is 132 Å². The van der Waals surface area contributed by atoms with Gasteiger partial charge in [0.1, 0.15) is 17.0 Å². The smallest absolute Gasteiger partial charge is 0.337 e. The number of esters is 1. The van der Waals surface area contributed by atoms with Crippen molar-refractivity contribution in [2.45, 2.75) is 0 Å². The maximum Gasteiger partial charge on any atom is 0.337 e. The Kier molecular flexibility index (Phi) is 3.89. The summed E-state index contributed by atoms with van der Waals surface area (Å²) in [6.45, 7) is 0. The lowest BCUT2D eigenvalue weighted by atomic mass is 10.2. The molecule has 0 unspecified atom stereocenters. The van der Waals surface area contributed by atoms with E-state index in [1.807, 2.05) is 6.07 Å². The van der Waals surface area contributed by atoms with Gasteiger partial charge in [-0.05, 0) is 30.3 Å². The lowest BCUT2D eigenvalue weighted by Crippen LogP contribution is -2.00. The van der Waals surface area contributed by atoms with Crippen LogP contribution >= 0.6 is 0 Å². The first-order valence-electron chi connectivity index (χ1n) is 6.87. The predicted molar refractivity (Wildman–Crippen MR) is 83.9 cm³/mol. The molecular weight excluding hydrogens is 298 g/mol. The molecule has 0 spiro atoms. The van der Waals surface area contributed by atoms with Gasteiger partial charge in [-0.3, -0.25) is 0 Å². The van der Waals surface area contributed by atoms with Crippen LogP contribution in [0, 0.1) is 0 Å². The van der Waals surface area contributed by atoms with E-state index in [9.17, 15) is 4.79 Å². The van der Waals surface area contributed by atoms with Crippen LogP contribution < -0.4 is 9.47 Å². The van der Waals surface area contributed by atoms with Gasteiger partial charge in [-0.1, -0.05) is 0 Å². The van der Waals surface area contributed by atoms with Crippen molar-refractivity contribution in [1.29, 1.82) is 0 Å². The molecule has 3 aromatic rings. The van der Waals surface area contributed by atoms with E-state index in [0.29, 0.717) is 39.6 Å². The Bertz CT molecular complexity index is 869. The second-order valence-corrected chi connectivity index (χ2v) is 4.76. The largest absolute Gasteiger partial charge is 0.497 e. The number of hydrogen-bond acceptors (Lipinski definition) is 6. The topological polar surface area (TPSA) is 70.8 Å². The standard InChI is InChI=1S/C17H15NO5/c1-20-11-5-6-12(14(9-11)21-2)16-18-13-7-4-10(17(19)22-3)8-15(13)23-16/h4-9H,1-3H3. The van der Waals surface area contributed by atoms with Crippen molar-refractivity contribution >= 4 is 17.1 Å². The molecule has 1 heterocycles. The van der Waals surface area contributed by atoms with Crippen molar-refractivity contribution in [3.05, 3.63) is 42.0 Å². The maximum atomic E-state index is 11.6. The number of hydrogen-bond donors (Lipinski definition) is 0. The summed E-state index contributed by atoms with van der Waals surface area (Å²) in [4.78, 5) is 16.0. The number of carbonyl (C=O) groups excluding carboxylic acids is 1. The van der Waals surface area contributed by atoms with E-state index in [0.717, 1.165) is 0 Å². The Hall–Kier alpha value is -3.02. The van der Waals surface area contributed by atoms with Gasteiger partial charge in [-0.15, -0.1) is 0 Å². The molecule has 0 radical (unpaired) electrons. The average molecular weight is 313 g/mol. The normalized spacial score (nSPS) is 10.6. The van der Waals surface area contributed by atoms with Gasteiger partial charge in [0, 0.05) is 6.07 Å². The number of fused-ring (bicyclic) bond motifs is 1. The summed E-state index contributed by atoms with van der Waals surface area (Å²) in [5, 5.41) is 0. The van der Waals surface area contributed by atoms with Gasteiger partial charge in [-0.25, -0.2) is 9.78 Å². The molecule has 0 aliphatic heterocycles. The van der Waals surface area contributed by atoms with E-state index in [1.54, 1.807) is 44.6 Å². The fourth-order valence-electron chi connectivity index (χ4n) is 2.26. The lowest BCUT2D eigenvalue weighted by Gasteiger charge is -2.07.